The minimum atomic E-state index is -4.99. The molecule has 0 aromatic carbocycles. The number of carbonyl (C=O) groups excluding carboxylic acids is 1. The van der Waals surface area contributed by atoms with Gasteiger partial charge >= 0.3 is 0 Å². The zero-order valence-corrected chi connectivity index (χ0v) is 7.78. The SMILES string of the molecule is O=C[C@H](O)[C@H](O)[C@H](O)COP(=O)([O-])O. The van der Waals surface area contributed by atoms with Gasteiger partial charge in [0.2, 0.25) is 0 Å². The van der Waals surface area contributed by atoms with Crippen LogP contribution in [0.15, 0.2) is 0 Å². The van der Waals surface area contributed by atoms with Crippen molar-refractivity contribution in [1.82, 2.24) is 0 Å². The van der Waals surface area contributed by atoms with Crippen molar-refractivity contribution in [1.29, 1.82) is 0 Å². The zero-order chi connectivity index (χ0) is 11.4. The lowest BCUT2D eigenvalue weighted by molar-refractivity contribution is -0.223. The standard InChI is InChI=1S/C5H11O8P/c6-1-3(7)5(9)4(8)2-13-14(10,11)12/h1,3-5,7-9H,2H2,(H2,10,11,12)/p-1/t3-,4+,5-/m0/s1. The number of carbonyl (C=O) groups is 1. The van der Waals surface area contributed by atoms with E-state index in [0.717, 1.165) is 0 Å². The molecule has 8 nitrogen and oxygen atoms in total. The third-order valence-corrected chi connectivity index (χ3v) is 1.77. The van der Waals surface area contributed by atoms with Crippen molar-refractivity contribution in [3.05, 3.63) is 0 Å². The highest BCUT2D eigenvalue weighted by molar-refractivity contribution is 7.44. The smallest absolute Gasteiger partial charge is 0.265 e. The largest absolute Gasteiger partial charge is 0.756 e. The van der Waals surface area contributed by atoms with Crippen LogP contribution in [0.4, 0.5) is 0 Å². The van der Waals surface area contributed by atoms with Crippen molar-refractivity contribution >= 4 is 14.1 Å². The molecule has 4 atom stereocenters. The lowest BCUT2D eigenvalue weighted by atomic mass is 10.1. The Morgan fingerprint density at radius 2 is 1.93 bits per heavy atom. The summed E-state index contributed by atoms with van der Waals surface area (Å²) in [6.45, 7) is -0.955. The molecule has 4 N–H and O–H groups in total. The van der Waals surface area contributed by atoms with Gasteiger partial charge in [0.1, 0.15) is 18.3 Å². The molecule has 0 rings (SSSR count). The third-order valence-electron chi connectivity index (χ3n) is 1.29. The monoisotopic (exact) mass is 229 g/mol. The number of phosphoric ester groups is 1. The Morgan fingerprint density at radius 1 is 1.43 bits per heavy atom. The van der Waals surface area contributed by atoms with Gasteiger partial charge in [-0.25, -0.2) is 0 Å². The van der Waals surface area contributed by atoms with E-state index in [9.17, 15) is 14.3 Å². The first-order valence-electron chi connectivity index (χ1n) is 3.45. The molecule has 84 valence electrons. The highest BCUT2D eigenvalue weighted by atomic mass is 31.2. The number of aldehydes is 1. The number of hydrogen-bond acceptors (Lipinski definition) is 7. The molecule has 0 bridgehead atoms. The molecule has 0 aromatic rings. The molecule has 9 heteroatoms. The average Bonchev–Trinajstić information content (AvgIpc) is 2.10. The summed E-state index contributed by atoms with van der Waals surface area (Å²) < 4.78 is 13.8. The Hall–Kier alpha value is -0.340. The molecule has 0 aromatic heterocycles. The van der Waals surface area contributed by atoms with Crippen LogP contribution in [0.25, 0.3) is 0 Å². The van der Waals surface area contributed by atoms with Gasteiger partial charge in [0.15, 0.2) is 6.29 Å². The molecular formula is C5H10O8P-. The summed E-state index contributed by atoms with van der Waals surface area (Å²) in [6, 6.07) is 0. The first kappa shape index (κ1) is 13.7. The Kier molecular flexibility index (Phi) is 5.38. The highest BCUT2D eigenvalue weighted by Crippen LogP contribution is 2.30. The Balaban J connectivity index is 4.02. The summed E-state index contributed by atoms with van der Waals surface area (Å²) in [5.41, 5.74) is 0. The van der Waals surface area contributed by atoms with Gasteiger partial charge in [-0.3, -0.25) is 4.57 Å². The van der Waals surface area contributed by atoms with E-state index in [-0.39, 0.29) is 6.29 Å². The van der Waals surface area contributed by atoms with Crippen molar-refractivity contribution < 1.29 is 39.0 Å². The van der Waals surface area contributed by atoms with Crippen molar-refractivity contribution in [2.45, 2.75) is 18.3 Å². The lowest BCUT2D eigenvalue weighted by Crippen LogP contribution is -2.40. The molecule has 14 heavy (non-hydrogen) atoms. The molecular weight excluding hydrogens is 219 g/mol. The van der Waals surface area contributed by atoms with Crippen molar-refractivity contribution in [3.8, 4) is 0 Å². The molecule has 0 saturated carbocycles. The maximum atomic E-state index is 10.0. The minimum Gasteiger partial charge on any atom is -0.756 e. The Labute approximate surface area is 79.0 Å². The van der Waals surface area contributed by atoms with Crippen LogP contribution < -0.4 is 4.89 Å². The summed E-state index contributed by atoms with van der Waals surface area (Å²) in [5, 5.41) is 26.5. The number of aliphatic hydroxyl groups is 3. The predicted octanol–water partition coefficient (Wildman–Crippen LogP) is -3.25. The third kappa shape index (κ3) is 5.40. The second kappa shape index (κ2) is 5.52. The van der Waals surface area contributed by atoms with Gasteiger partial charge in [0.05, 0.1) is 6.61 Å². The van der Waals surface area contributed by atoms with E-state index in [1.807, 2.05) is 0 Å². The number of phosphoric acid groups is 1. The highest BCUT2D eigenvalue weighted by Gasteiger charge is 2.25. The first-order chi connectivity index (χ1) is 6.28. The zero-order valence-electron chi connectivity index (χ0n) is 6.89. The van der Waals surface area contributed by atoms with E-state index in [4.69, 9.17) is 20.2 Å². The number of rotatable bonds is 6. The fourth-order valence-corrected chi connectivity index (χ4v) is 0.918. The van der Waals surface area contributed by atoms with Crippen LogP contribution >= 0.6 is 7.82 Å². The fraction of sp³-hybridized carbons (Fsp3) is 0.800. The second-order valence-electron chi connectivity index (χ2n) is 2.45. The van der Waals surface area contributed by atoms with Crippen LogP contribution in [0.2, 0.25) is 0 Å². The number of aliphatic hydroxyl groups excluding tert-OH is 3. The van der Waals surface area contributed by atoms with Gasteiger partial charge < -0.3 is 34.4 Å². The topological polar surface area (TPSA) is 147 Å². The van der Waals surface area contributed by atoms with Gasteiger partial charge in [-0.05, 0) is 0 Å². The molecule has 0 saturated heterocycles. The molecule has 0 aliphatic carbocycles. The Bertz CT molecular complexity index is 224. The fourth-order valence-electron chi connectivity index (χ4n) is 0.577. The van der Waals surface area contributed by atoms with Gasteiger partial charge in [-0.2, -0.15) is 0 Å². The molecule has 0 radical (unpaired) electrons. The lowest BCUT2D eigenvalue weighted by Gasteiger charge is -2.22. The normalized spacial score (nSPS) is 22.1. The van der Waals surface area contributed by atoms with Crippen LogP contribution in [0, 0.1) is 0 Å². The molecule has 0 amide bonds. The van der Waals surface area contributed by atoms with Crippen molar-refractivity contribution in [2.75, 3.05) is 6.61 Å². The van der Waals surface area contributed by atoms with E-state index in [1.54, 1.807) is 0 Å². The molecule has 0 aliphatic heterocycles. The minimum absolute atomic E-state index is 0.0381. The molecule has 1 unspecified atom stereocenters. The van der Waals surface area contributed by atoms with Gasteiger partial charge in [0, 0.05) is 0 Å². The van der Waals surface area contributed by atoms with E-state index in [1.165, 1.54) is 0 Å². The van der Waals surface area contributed by atoms with Crippen LogP contribution in [0.1, 0.15) is 0 Å². The van der Waals surface area contributed by atoms with Gasteiger partial charge in [-0.1, -0.05) is 0 Å². The van der Waals surface area contributed by atoms with E-state index >= 15 is 0 Å². The van der Waals surface area contributed by atoms with Gasteiger partial charge in [-0.15, -0.1) is 0 Å². The molecule has 0 aliphatic rings. The van der Waals surface area contributed by atoms with Crippen LogP contribution in [-0.4, -0.2) is 51.4 Å². The summed E-state index contributed by atoms with van der Waals surface area (Å²) in [6.07, 6.45) is -5.56. The van der Waals surface area contributed by atoms with Crippen LogP contribution in [-0.2, 0) is 13.9 Å². The predicted molar refractivity (Wildman–Crippen MR) is 39.9 cm³/mol. The van der Waals surface area contributed by atoms with E-state index in [0.29, 0.717) is 0 Å². The second-order valence-corrected chi connectivity index (χ2v) is 3.64. The summed E-state index contributed by atoms with van der Waals surface area (Å²) in [7, 11) is -4.99. The summed E-state index contributed by atoms with van der Waals surface area (Å²) in [5.74, 6) is 0. The molecule has 0 heterocycles. The first-order valence-corrected chi connectivity index (χ1v) is 4.95. The van der Waals surface area contributed by atoms with Gasteiger partial charge in [0.25, 0.3) is 7.82 Å². The molecule has 0 fully saturated rings. The molecule has 0 spiro atoms. The van der Waals surface area contributed by atoms with E-state index < -0.39 is 32.7 Å². The Morgan fingerprint density at radius 3 is 2.29 bits per heavy atom. The summed E-state index contributed by atoms with van der Waals surface area (Å²) >= 11 is 0. The van der Waals surface area contributed by atoms with Crippen LogP contribution in [0.5, 0.6) is 0 Å². The van der Waals surface area contributed by atoms with Crippen molar-refractivity contribution in [3.63, 3.8) is 0 Å². The maximum absolute atomic E-state index is 10.0. The average molecular weight is 229 g/mol. The quantitative estimate of drug-likeness (QED) is 0.274. The van der Waals surface area contributed by atoms with Crippen molar-refractivity contribution in [2.24, 2.45) is 0 Å². The summed E-state index contributed by atoms with van der Waals surface area (Å²) in [4.78, 5) is 28.1. The van der Waals surface area contributed by atoms with E-state index in [2.05, 4.69) is 4.52 Å². The number of hydrogen-bond donors (Lipinski definition) is 4. The maximum Gasteiger partial charge on any atom is 0.265 e. The van der Waals surface area contributed by atoms with Crippen LogP contribution in [0.3, 0.4) is 0 Å².